The Morgan fingerprint density at radius 1 is 1.23 bits per heavy atom. The highest BCUT2D eigenvalue weighted by atomic mass is 16.4. The predicted molar refractivity (Wildman–Crippen MR) is 42.8 cm³/mol. The molecule has 2 bridgehead atoms. The number of hydrogen-bond donors (Lipinski definition) is 2. The van der Waals surface area contributed by atoms with Crippen LogP contribution in [-0.4, -0.2) is 22.2 Å². The van der Waals surface area contributed by atoms with Crippen LogP contribution in [0.15, 0.2) is 0 Å². The molecule has 2 fully saturated rings. The maximum atomic E-state index is 10.8. The molecule has 0 aromatic carbocycles. The summed E-state index contributed by atoms with van der Waals surface area (Å²) in [4.78, 5) is 21.6. The summed E-state index contributed by atoms with van der Waals surface area (Å²) in [5.74, 6) is -2.35. The van der Waals surface area contributed by atoms with E-state index >= 15 is 0 Å². The topological polar surface area (TPSA) is 74.6 Å². The van der Waals surface area contributed by atoms with Crippen molar-refractivity contribution in [2.45, 2.75) is 19.3 Å². The summed E-state index contributed by atoms with van der Waals surface area (Å²) < 4.78 is 0. The van der Waals surface area contributed by atoms with Crippen molar-refractivity contribution < 1.29 is 19.8 Å². The lowest BCUT2D eigenvalue weighted by Crippen LogP contribution is -2.32. The third-order valence-corrected chi connectivity index (χ3v) is 3.23. The Morgan fingerprint density at radius 3 is 2.38 bits per heavy atom. The zero-order chi connectivity index (χ0) is 9.59. The summed E-state index contributed by atoms with van der Waals surface area (Å²) in [6.45, 7) is 0. The minimum absolute atomic E-state index is 0.0311. The average Bonchev–Trinajstić information content (AvgIpc) is 2.60. The number of aliphatic carboxylic acids is 2. The lowest BCUT2D eigenvalue weighted by Gasteiger charge is -2.23. The van der Waals surface area contributed by atoms with E-state index in [-0.39, 0.29) is 17.8 Å². The van der Waals surface area contributed by atoms with Crippen molar-refractivity contribution in [3.05, 3.63) is 5.92 Å². The molecule has 0 aliphatic heterocycles. The fourth-order valence-electron chi connectivity index (χ4n) is 2.75. The molecule has 2 N–H and O–H groups in total. The van der Waals surface area contributed by atoms with Crippen LogP contribution in [0.1, 0.15) is 19.3 Å². The molecule has 2 aliphatic carbocycles. The molecule has 1 radical (unpaired) electrons. The number of carboxylic acids is 2. The third kappa shape index (κ3) is 1.12. The zero-order valence-corrected chi connectivity index (χ0v) is 7.06. The molecule has 3 atom stereocenters. The van der Waals surface area contributed by atoms with Gasteiger partial charge in [0.1, 0.15) is 5.92 Å². The van der Waals surface area contributed by atoms with Crippen LogP contribution in [0, 0.1) is 23.7 Å². The molecule has 2 saturated carbocycles. The molecule has 2 rings (SSSR count). The molecular weight excluding hydrogens is 172 g/mol. The van der Waals surface area contributed by atoms with Gasteiger partial charge in [0.05, 0.1) is 5.92 Å². The van der Waals surface area contributed by atoms with Gasteiger partial charge in [0.25, 0.3) is 0 Å². The first-order valence-electron chi connectivity index (χ1n) is 4.44. The van der Waals surface area contributed by atoms with E-state index in [9.17, 15) is 9.59 Å². The summed E-state index contributed by atoms with van der Waals surface area (Å²) in [7, 11) is 0. The molecule has 3 unspecified atom stereocenters. The Labute approximate surface area is 75.6 Å². The van der Waals surface area contributed by atoms with Gasteiger partial charge in [-0.05, 0) is 31.1 Å². The highest BCUT2D eigenvalue weighted by Gasteiger charge is 2.54. The quantitative estimate of drug-likeness (QED) is 0.663. The molecule has 71 valence electrons. The highest BCUT2D eigenvalue weighted by Crippen LogP contribution is 2.53. The van der Waals surface area contributed by atoms with Gasteiger partial charge in [0.2, 0.25) is 0 Å². The van der Waals surface area contributed by atoms with E-state index in [2.05, 4.69) is 0 Å². The van der Waals surface area contributed by atoms with Crippen molar-refractivity contribution in [2.75, 3.05) is 0 Å². The molecule has 0 aromatic rings. The molecule has 0 aromatic heterocycles. The standard InChI is InChI=1S/C9H11O4/c10-8(11)6-4-1-2-5(3-4)7(6)9(12)13/h4-6H,1-3H2,(H,10,11)(H,12,13). The maximum Gasteiger partial charge on any atom is 0.312 e. The number of rotatable bonds is 2. The molecule has 0 amide bonds. The Kier molecular flexibility index (Phi) is 1.78. The largest absolute Gasteiger partial charge is 0.481 e. The van der Waals surface area contributed by atoms with E-state index in [1.54, 1.807) is 0 Å². The van der Waals surface area contributed by atoms with Crippen molar-refractivity contribution in [1.82, 2.24) is 0 Å². The van der Waals surface area contributed by atoms with Crippen molar-refractivity contribution in [3.8, 4) is 0 Å². The Bertz CT molecular complexity index is 234. The second-order valence-electron chi connectivity index (χ2n) is 3.85. The van der Waals surface area contributed by atoms with Crippen LogP contribution in [0.4, 0.5) is 0 Å². The summed E-state index contributed by atoms with van der Waals surface area (Å²) in [5.41, 5.74) is 0. The van der Waals surface area contributed by atoms with Crippen LogP contribution in [0.3, 0.4) is 0 Å². The molecule has 4 heteroatoms. The van der Waals surface area contributed by atoms with Crippen LogP contribution in [-0.2, 0) is 9.59 Å². The summed E-state index contributed by atoms with van der Waals surface area (Å²) in [6.07, 6.45) is 2.49. The second kappa shape index (κ2) is 2.72. The molecule has 13 heavy (non-hydrogen) atoms. The lowest BCUT2D eigenvalue weighted by atomic mass is 9.79. The Balaban J connectivity index is 2.24. The first-order chi connectivity index (χ1) is 6.11. The average molecular weight is 183 g/mol. The molecular formula is C9H11O4. The Morgan fingerprint density at radius 2 is 1.92 bits per heavy atom. The van der Waals surface area contributed by atoms with E-state index in [0.29, 0.717) is 0 Å². The second-order valence-corrected chi connectivity index (χ2v) is 3.85. The van der Waals surface area contributed by atoms with E-state index < -0.39 is 17.9 Å². The van der Waals surface area contributed by atoms with Crippen LogP contribution in [0.2, 0.25) is 0 Å². The molecule has 4 nitrogen and oxygen atoms in total. The van der Waals surface area contributed by atoms with Gasteiger partial charge >= 0.3 is 11.9 Å². The van der Waals surface area contributed by atoms with Gasteiger partial charge < -0.3 is 10.2 Å². The maximum absolute atomic E-state index is 10.8. The monoisotopic (exact) mass is 183 g/mol. The van der Waals surface area contributed by atoms with E-state index in [1.165, 1.54) is 0 Å². The lowest BCUT2D eigenvalue weighted by molar-refractivity contribution is -0.147. The Hall–Kier alpha value is -1.06. The third-order valence-electron chi connectivity index (χ3n) is 3.23. The van der Waals surface area contributed by atoms with Gasteiger partial charge in [0, 0.05) is 0 Å². The SMILES string of the molecule is O=C(O)[C]1C2CCC(C2)C1C(=O)O. The predicted octanol–water partition coefficient (Wildman–Crippen LogP) is 0.776. The van der Waals surface area contributed by atoms with Crippen LogP contribution in [0.5, 0.6) is 0 Å². The van der Waals surface area contributed by atoms with Gasteiger partial charge in [-0.1, -0.05) is 0 Å². The minimum Gasteiger partial charge on any atom is -0.481 e. The summed E-state index contributed by atoms with van der Waals surface area (Å²) in [5, 5.41) is 17.7. The zero-order valence-electron chi connectivity index (χ0n) is 7.06. The van der Waals surface area contributed by atoms with Gasteiger partial charge in [0.15, 0.2) is 0 Å². The summed E-state index contributed by atoms with van der Waals surface area (Å²) in [6, 6.07) is 0. The van der Waals surface area contributed by atoms with Crippen molar-refractivity contribution in [1.29, 1.82) is 0 Å². The van der Waals surface area contributed by atoms with Gasteiger partial charge in [-0.15, -0.1) is 0 Å². The van der Waals surface area contributed by atoms with E-state index in [0.717, 1.165) is 19.3 Å². The summed E-state index contributed by atoms with van der Waals surface area (Å²) >= 11 is 0. The van der Waals surface area contributed by atoms with Crippen LogP contribution in [0.25, 0.3) is 0 Å². The van der Waals surface area contributed by atoms with E-state index in [1.807, 2.05) is 0 Å². The highest BCUT2D eigenvalue weighted by molar-refractivity contribution is 5.92. The van der Waals surface area contributed by atoms with Crippen molar-refractivity contribution in [3.63, 3.8) is 0 Å². The normalized spacial score (nSPS) is 38.0. The first-order valence-corrected chi connectivity index (χ1v) is 4.44. The number of hydrogen-bond acceptors (Lipinski definition) is 2. The molecule has 0 saturated heterocycles. The van der Waals surface area contributed by atoms with Gasteiger partial charge in [-0.25, -0.2) is 0 Å². The first kappa shape index (κ1) is 8.53. The van der Waals surface area contributed by atoms with E-state index in [4.69, 9.17) is 10.2 Å². The number of carbonyl (C=O) groups is 2. The fourth-order valence-corrected chi connectivity index (χ4v) is 2.75. The number of carboxylic acid groups (broad SMARTS) is 2. The molecule has 2 aliphatic rings. The molecule has 0 heterocycles. The van der Waals surface area contributed by atoms with Crippen LogP contribution < -0.4 is 0 Å². The van der Waals surface area contributed by atoms with Gasteiger partial charge in [-0.3, -0.25) is 9.59 Å². The number of fused-ring (bicyclic) bond motifs is 2. The van der Waals surface area contributed by atoms with Crippen molar-refractivity contribution >= 4 is 11.9 Å². The molecule has 0 spiro atoms. The van der Waals surface area contributed by atoms with Crippen LogP contribution >= 0.6 is 0 Å². The minimum atomic E-state index is -1.01. The van der Waals surface area contributed by atoms with Crippen molar-refractivity contribution in [2.24, 2.45) is 17.8 Å². The smallest absolute Gasteiger partial charge is 0.312 e. The van der Waals surface area contributed by atoms with Gasteiger partial charge in [-0.2, -0.15) is 0 Å². The fraction of sp³-hybridized carbons (Fsp3) is 0.667.